The van der Waals surface area contributed by atoms with Gasteiger partial charge in [-0.1, -0.05) is 38.5 Å². The number of aliphatic carboxylic acids is 1. The van der Waals surface area contributed by atoms with Crippen LogP contribution >= 0.6 is 0 Å². The summed E-state index contributed by atoms with van der Waals surface area (Å²) >= 11 is 0. The Morgan fingerprint density at radius 2 is 2.07 bits per heavy atom. The molecule has 2 heteroatoms. The number of terminal acetylenes is 1. The fourth-order valence-corrected chi connectivity index (χ4v) is 1.49. The zero-order valence-corrected chi connectivity index (χ0v) is 9.18. The smallest absolute Gasteiger partial charge is 0.304 e. The highest BCUT2D eigenvalue weighted by Gasteiger charge is 2.24. The molecule has 1 unspecified atom stereocenters. The van der Waals surface area contributed by atoms with E-state index in [-0.39, 0.29) is 6.42 Å². The van der Waals surface area contributed by atoms with Gasteiger partial charge in [-0.05, 0) is 13.3 Å². The number of carbonyl (C=O) groups is 1. The Balaban J connectivity index is 3.89. The molecule has 80 valence electrons. The van der Waals surface area contributed by atoms with Crippen molar-refractivity contribution in [2.24, 2.45) is 5.41 Å². The monoisotopic (exact) mass is 196 g/mol. The van der Waals surface area contributed by atoms with Crippen LogP contribution in [0.3, 0.4) is 0 Å². The van der Waals surface area contributed by atoms with Gasteiger partial charge in [-0.25, -0.2) is 0 Å². The molecule has 14 heavy (non-hydrogen) atoms. The van der Waals surface area contributed by atoms with Crippen molar-refractivity contribution in [1.29, 1.82) is 0 Å². The normalized spacial score (nSPS) is 14.4. The minimum atomic E-state index is -0.805. The molecule has 0 heterocycles. The first-order chi connectivity index (χ1) is 6.54. The average molecular weight is 196 g/mol. The molecule has 2 nitrogen and oxygen atoms in total. The highest BCUT2D eigenvalue weighted by atomic mass is 16.4. The molecule has 0 aromatic rings. The molecule has 0 aromatic heterocycles. The third kappa shape index (κ3) is 5.64. The molecule has 0 aromatic carbocycles. The fraction of sp³-hybridized carbons (Fsp3) is 0.750. The van der Waals surface area contributed by atoms with Crippen molar-refractivity contribution in [2.75, 3.05) is 0 Å². The number of hydrogen-bond donors (Lipinski definition) is 1. The van der Waals surface area contributed by atoms with E-state index in [1.807, 2.05) is 6.92 Å². The Labute approximate surface area is 86.7 Å². The summed E-state index contributed by atoms with van der Waals surface area (Å²) in [5, 5.41) is 8.69. The van der Waals surface area contributed by atoms with E-state index in [9.17, 15) is 4.79 Å². The van der Waals surface area contributed by atoms with E-state index in [1.165, 1.54) is 12.8 Å². The molecule has 0 spiro atoms. The van der Waals surface area contributed by atoms with Crippen molar-refractivity contribution in [1.82, 2.24) is 0 Å². The van der Waals surface area contributed by atoms with Crippen LogP contribution in [0.2, 0.25) is 0 Å². The van der Waals surface area contributed by atoms with E-state index in [2.05, 4.69) is 12.8 Å². The van der Waals surface area contributed by atoms with E-state index < -0.39 is 11.4 Å². The Kier molecular flexibility index (Phi) is 6.03. The van der Waals surface area contributed by atoms with E-state index in [0.717, 1.165) is 19.3 Å². The van der Waals surface area contributed by atoms with Gasteiger partial charge in [-0.3, -0.25) is 4.79 Å². The molecule has 0 aliphatic rings. The molecule has 0 rings (SSSR count). The van der Waals surface area contributed by atoms with Crippen LogP contribution in [0.4, 0.5) is 0 Å². The Bertz CT molecular complexity index is 215. The molecule has 0 amide bonds. The third-order valence-electron chi connectivity index (χ3n) is 2.47. The first-order valence-electron chi connectivity index (χ1n) is 5.23. The zero-order chi connectivity index (χ0) is 11.0. The molecule has 1 atom stereocenters. The lowest BCUT2D eigenvalue weighted by Gasteiger charge is -2.20. The lowest BCUT2D eigenvalue weighted by atomic mass is 9.82. The van der Waals surface area contributed by atoms with Gasteiger partial charge in [-0.2, -0.15) is 0 Å². The van der Waals surface area contributed by atoms with Crippen molar-refractivity contribution in [3.8, 4) is 12.3 Å². The van der Waals surface area contributed by atoms with E-state index in [1.54, 1.807) is 0 Å². The Morgan fingerprint density at radius 1 is 1.43 bits per heavy atom. The highest BCUT2D eigenvalue weighted by molar-refractivity contribution is 5.68. The van der Waals surface area contributed by atoms with Crippen molar-refractivity contribution in [2.45, 2.75) is 52.4 Å². The molecule has 0 radical (unpaired) electrons. The predicted octanol–water partition coefficient (Wildman–Crippen LogP) is 3.07. The minimum absolute atomic E-state index is 0.0790. The van der Waals surface area contributed by atoms with Crippen LogP contribution in [0.5, 0.6) is 0 Å². The standard InChI is InChI=1S/C12H20O2/c1-4-6-7-8-9-12(3,5-2)10-11(13)14/h2H,4,6-10H2,1,3H3,(H,13,14). The highest BCUT2D eigenvalue weighted by Crippen LogP contribution is 2.27. The number of carboxylic acid groups (broad SMARTS) is 1. The largest absolute Gasteiger partial charge is 0.481 e. The number of carboxylic acids is 1. The van der Waals surface area contributed by atoms with Crippen LogP contribution < -0.4 is 0 Å². The molecule has 0 aliphatic carbocycles. The molecule has 0 saturated heterocycles. The van der Waals surface area contributed by atoms with Crippen LogP contribution in [0, 0.1) is 17.8 Å². The number of rotatable bonds is 7. The van der Waals surface area contributed by atoms with Gasteiger partial charge in [0.05, 0.1) is 6.42 Å². The first kappa shape index (κ1) is 13.0. The van der Waals surface area contributed by atoms with Crippen molar-refractivity contribution >= 4 is 5.97 Å². The van der Waals surface area contributed by atoms with Crippen LogP contribution in [-0.4, -0.2) is 11.1 Å². The van der Waals surface area contributed by atoms with Gasteiger partial charge in [0.2, 0.25) is 0 Å². The molecular weight excluding hydrogens is 176 g/mol. The summed E-state index contributed by atoms with van der Waals surface area (Å²) in [4.78, 5) is 10.6. The van der Waals surface area contributed by atoms with Crippen molar-refractivity contribution in [3.05, 3.63) is 0 Å². The second-order valence-electron chi connectivity index (χ2n) is 4.09. The summed E-state index contributed by atoms with van der Waals surface area (Å²) in [7, 11) is 0. The lowest BCUT2D eigenvalue weighted by molar-refractivity contribution is -0.138. The molecule has 1 N–H and O–H groups in total. The van der Waals surface area contributed by atoms with Gasteiger partial charge in [0.1, 0.15) is 0 Å². The zero-order valence-electron chi connectivity index (χ0n) is 9.18. The van der Waals surface area contributed by atoms with Gasteiger partial charge in [0.25, 0.3) is 0 Å². The summed E-state index contributed by atoms with van der Waals surface area (Å²) in [6.07, 6.45) is 10.8. The quantitative estimate of drug-likeness (QED) is 0.502. The Morgan fingerprint density at radius 3 is 2.50 bits per heavy atom. The minimum Gasteiger partial charge on any atom is -0.481 e. The SMILES string of the molecule is C#CC(C)(CCCCCC)CC(=O)O. The first-order valence-corrected chi connectivity index (χ1v) is 5.23. The molecule has 0 saturated carbocycles. The number of unbranched alkanes of at least 4 members (excludes halogenated alkanes) is 3. The fourth-order valence-electron chi connectivity index (χ4n) is 1.49. The lowest BCUT2D eigenvalue weighted by Crippen LogP contribution is -2.18. The van der Waals surface area contributed by atoms with Crippen molar-refractivity contribution < 1.29 is 9.90 Å². The second-order valence-corrected chi connectivity index (χ2v) is 4.09. The van der Waals surface area contributed by atoms with Gasteiger partial charge in [0, 0.05) is 5.41 Å². The molecular formula is C12H20O2. The van der Waals surface area contributed by atoms with Gasteiger partial charge in [-0.15, -0.1) is 6.42 Å². The van der Waals surface area contributed by atoms with Gasteiger partial charge < -0.3 is 5.11 Å². The van der Waals surface area contributed by atoms with E-state index in [0.29, 0.717) is 0 Å². The molecule has 0 bridgehead atoms. The summed E-state index contributed by atoms with van der Waals surface area (Å²) in [5.74, 6) is 1.80. The summed E-state index contributed by atoms with van der Waals surface area (Å²) < 4.78 is 0. The maximum absolute atomic E-state index is 10.6. The summed E-state index contributed by atoms with van der Waals surface area (Å²) in [5.41, 5.74) is -0.459. The molecule has 0 aliphatic heterocycles. The summed E-state index contributed by atoms with van der Waals surface area (Å²) in [6.45, 7) is 4.00. The van der Waals surface area contributed by atoms with Gasteiger partial charge >= 0.3 is 5.97 Å². The van der Waals surface area contributed by atoms with E-state index >= 15 is 0 Å². The van der Waals surface area contributed by atoms with Crippen LogP contribution in [0.1, 0.15) is 52.4 Å². The maximum Gasteiger partial charge on any atom is 0.304 e. The maximum atomic E-state index is 10.6. The molecule has 0 fully saturated rings. The van der Waals surface area contributed by atoms with Crippen LogP contribution in [0.25, 0.3) is 0 Å². The third-order valence-corrected chi connectivity index (χ3v) is 2.47. The second kappa shape index (κ2) is 6.48. The predicted molar refractivity (Wildman–Crippen MR) is 58.0 cm³/mol. The average Bonchev–Trinajstić information content (AvgIpc) is 2.11. The Hall–Kier alpha value is -0.970. The number of hydrogen-bond acceptors (Lipinski definition) is 1. The van der Waals surface area contributed by atoms with Crippen LogP contribution in [0.15, 0.2) is 0 Å². The van der Waals surface area contributed by atoms with Crippen molar-refractivity contribution in [3.63, 3.8) is 0 Å². The van der Waals surface area contributed by atoms with Gasteiger partial charge in [0.15, 0.2) is 0 Å². The summed E-state index contributed by atoms with van der Waals surface area (Å²) in [6, 6.07) is 0. The van der Waals surface area contributed by atoms with E-state index in [4.69, 9.17) is 11.5 Å². The van der Waals surface area contributed by atoms with Crippen LogP contribution in [-0.2, 0) is 4.79 Å². The topological polar surface area (TPSA) is 37.3 Å².